The summed E-state index contributed by atoms with van der Waals surface area (Å²) in [6, 6.07) is 59.5. The Kier molecular flexibility index (Phi) is 13.1. The molecule has 0 bridgehead atoms. The van der Waals surface area contributed by atoms with Crippen LogP contribution in [0.1, 0.15) is 33.4 Å². The normalized spacial score (nSPS) is 10.5. The minimum absolute atomic E-state index is 0.765. The lowest BCUT2D eigenvalue weighted by atomic mass is 9.99. The summed E-state index contributed by atoms with van der Waals surface area (Å²) in [7, 11) is 0. The van der Waals surface area contributed by atoms with Gasteiger partial charge in [-0.15, -0.1) is 10.2 Å². The zero-order chi connectivity index (χ0) is 41.1. The van der Waals surface area contributed by atoms with Gasteiger partial charge in [0.25, 0.3) is 0 Å². The molecule has 0 radical (unpaired) electrons. The Morgan fingerprint density at radius 1 is 0.254 bits per heavy atom. The third kappa shape index (κ3) is 11.0. The van der Waals surface area contributed by atoms with Gasteiger partial charge in [-0.25, -0.2) is 9.97 Å². The van der Waals surface area contributed by atoms with Crippen molar-refractivity contribution in [2.45, 2.75) is 41.5 Å². The van der Waals surface area contributed by atoms with Gasteiger partial charge in [0.05, 0.1) is 0 Å². The first kappa shape index (κ1) is 40.4. The van der Waals surface area contributed by atoms with Crippen LogP contribution in [-0.4, -0.2) is 20.2 Å². The molecular weight excluding hydrogens is 737 g/mol. The van der Waals surface area contributed by atoms with Gasteiger partial charge in [0.2, 0.25) is 0 Å². The molecule has 0 aliphatic heterocycles. The van der Waals surface area contributed by atoms with E-state index in [0.29, 0.717) is 0 Å². The van der Waals surface area contributed by atoms with Crippen LogP contribution in [0.25, 0.3) is 65.9 Å². The highest BCUT2D eigenvalue weighted by Gasteiger charge is 2.08. The Hall–Kier alpha value is -6.82. The van der Waals surface area contributed by atoms with Crippen molar-refractivity contribution in [2.24, 2.45) is 0 Å². The topological polar surface area (TPSA) is 51.6 Å². The van der Waals surface area contributed by atoms with E-state index in [0.717, 1.165) is 43.7 Å². The van der Waals surface area contributed by atoms with Gasteiger partial charge in [0, 0.05) is 34.6 Å². The van der Waals surface area contributed by atoms with Crippen molar-refractivity contribution in [3.05, 3.63) is 216 Å². The van der Waals surface area contributed by atoms with Gasteiger partial charge in [0.15, 0.2) is 5.82 Å². The van der Waals surface area contributed by atoms with Crippen molar-refractivity contribution in [3.8, 4) is 65.9 Å². The van der Waals surface area contributed by atoms with Crippen LogP contribution < -0.4 is 0 Å². The number of aryl methyl sites for hydroxylation is 6. The van der Waals surface area contributed by atoms with Crippen LogP contribution in [0, 0.1) is 41.5 Å². The van der Waals surface area contributed by atoms with E-state index >= 15 is 0 Å². The predicted molar refractivity (Wildman–Crippen MR) is 249 cm³/mol. The molecule has 0 spiro atoms. The first-order chi connectivity index (χ1) is 28.7. The van der Waals surface area contributed by atoms with Gasteiger partial charge >= 0.3 is 0 Å². The van der Waals surface area contributed by atoms with Crippen molar-refractivity contribution in [1.82, 2.24) is 20.2 Å². The van der Waals surface area contributed by atoms with Crippen LogP contribution in [0.4, 0.5) is 0 Å². The molecule has 0 unspecified atom stereocenters. The zero-order valence-electron chi connectivity index (χ0n) is 34.5. The SMILES string of the molecule is Cc1ccc(-c2ccc(-c3ccc(C)cc3)cc2)cc1.Cc1ccc(-c2cnc(-c3ccc(C)cc3)nc2)cc1.Cc1ccc(-c2nnc(-c3ccc(C)cc3)s2)cc1. The molecule has 0 fully saturated rings. The maximum absolute atomic E-state index is 4.47. The average Bonchev–Trinajstić information content (AvgIpc) is 3.77. The van der Waals surface area contributed by atoms with Crippen LogP contribution in [0.3, 0.4) is 0 Å². The molecule has 0 aliphatic carbocycles. The molecule has 59 heavy (non-hydrogen) atoms. The highest BCUT2D eigenvalue weighted by Crippen LogP contribution is 2.30. The van der Waals surface area contributed by atoms with Crippen LogP contribution in [0.5, 0.6) is 0 Å². The lowest BCUT2D eigenvalue weighted by Gasteiger charge is -2.06. The fourth-order valence-electron chi connectivity index (χ4n) is 6.27. The summed E-state index contributed by atoms with van der Waals surface area (Å²) in [5.41, 5.74) is 18.2. The van der Waals surface area contributed by atoms with E-state index in [1.54, 1.807) is 11.3 Å². The van der Waals surface area contributed by atoms with E-state index in [2.05, 4.69) is 232 Å². The Balaban J connectivity index is 0.000000134. The molecule has 2 aromatic heterocycles. The lowest BCUT2D eigenvalue weighted by Crippen LogP contribution is -1.90. The molecule has 0 atom stereocenters. The maximum atomic E-state index is 4.47. The number of benzene rings is 7. The molecule has 290 valence electrons. The number of aromatic nitrogens is 4. The summed E-state index contributed by atoms with van der Waals surface area (Å²) in [5, 5.41) is 10.5. The second kappa shape index (κ2) is 19.1. The first-order valence-corrected chi connectivity index (χ1v) is 20.7. The molecule has 5 heteroatoms. The summed E-state index contributed by atoms with van der Waals surface area (Å²) < 4.78 is 0. The molecule has 0 aliphatic rings. The molecule has 7 aromatic carbocycles. The summed E-state index contributed by atoms with van der Waals surface area (Å²) in [5.74, 6) is 0.765. The smallest absolute Gasteiger partial charge is 0.159 e. The monoisotopic (exact) mass is 784 g/mol. The van der Waals surface area contributed by atoms with E-state index < -0.39 is 0 Å². The van der Waals surface area contributed by atoms with Gasteiger partial charge in [-0.3, -0.25) is 0 Å². The third-order valence-electron chi connectivity index (χ3n) is 10.0. The van der Waals surface area contributed by atoms with Crippen molar-refractivity contribution in [2.75, 3.05) is 0 Å². The predicted octanol–water partition coefficient (Wildman–Crippen LogP) is 14.6. The second-order valence-corrected chi connectivity index (χ2v) is 16.0. The van der Waals surface area contributed by atoms with E-state index in [4.69, 9.17) is 0 Å². The molecule has 0 saturated heterocycles. The van der Waals surface area contributed by atoms with E-state index in [1.807, 2.05) is 12.4 Å². The van der Waals surface area contributed by atoms with Crippen LogP contribution in [0.2, 0.25) is 0 Å². The number of rotatable bonds is 6. The Labute approximate surface area is 353 Å². The Morgan fingerprint density at radius 3 is 0.763 bits per heavy atom. The number of hydrogen-bond donors (Lipinski definition) is 0. The molecule has 2 heterocycles. The lowest BCUT2D eigenvalue weighted by molar-refractivity contribution is 1.10. The average molecular weight is 785 g/mol. The summed E-state index contributed by atoms with van der Waals surface area (Å²) in [6.07, 6.45) is 3.76. The molecule has 9 aromatic rings. The van der Waals surface area contributed by atoms with Crippen molar-refractivity contribution < 1.29 is 0 Å². The van der Waals surface area contributed by atoms with Gasteiger partial charge in [-0.2, -0.15) is 0 Å². The highest BCUT2D eigenvalue weighted by molar-refractivity contribution is 7.17. The van der Waals surface area contributed by atoms with E-state index in [1.165, 1.54) is 55.6 Å². The van der Waals surface area contributed by atoms with Crippen molar-refractivity contribution in [3.63, 3.8) is 0 Å². The largest absolute Gasteiger partial charge is 0.236 e. The van der Waals surface area contributed by atoms with Crippen LogP contribution in [0.15, 0.2) is 182 Å². The van der Waals surface area contributed by atoms with Gasteiger partial charge in [0.1, 0.15) is 10.0 Å². The minimum atomic E-state index is 0.765. The molecule has 0 saturated carbocycles. The highest BCUT2D eigenvalue weighted by atomic mass is 32.1. The van der Waals surface area contributed by atoms with Crippen LogP contribution >= 0.6 is 11.3 Å². The van der Waals surface area contributed by atoms with Crippen molar-refractivity contribution in [1.29, 1.82) is 0 Å². The fourth-order valence-corrected chi connectivity index (χ4v) is 7.13. The van der Waals surface area contributed by atoms with Crippen LogP contribution in [-0.2, 0) is 0 Å². The maximum Gasteiger partial charge on any atom is 0.159 e. The Morgan fingerprint density at radius 2 is 0.475 bits per heavy atom. The minimum Gasteiger partial charge on any atom is -0.236 e. The van der Waals surface area contributed by atoms with Gasteiger partial charge < -0.3 is 0 Å². The first-order valence-electron chi connectivity index (χ1n) is 19.8. The zero-order valence-corrected chi connectivity index (χ0v) is 35.3. The van der Waals surface area contributed by atoms with E-state index in [9.17, 15) is 0 Å². The van der Waals surface area contributed by atoms with Gasteiger partial charge in [-0.05, 0) is 69.4 Å². The van der Waals surface area contributed by atoms with E-state index in [-0.39, 0.29) is 0 Å². The standard InChI is InChI=1S/C20H18.C18H16N2.C16H14N2S/c1-15-3-7-17(8-4-15)19-11-13-20(14-12-19)18-9-5-16(2)6-10-18;1-13-3-7-15(8-4-13)17-11-19-18(20-12-17)16-9-5-14(2)6-10-16;1-11-3-7-13(8-4-11)15-17-18-16(19-15)14-9-5-12(2)6-10-14/h3-14H,1-2H3;3-12H,1-2H3;3-10H,1-2H3. The molecule has 4 nitrogen and oxygen atoms in total. The quantitative estimate of drug-likeness (QED) is 0.168. The molecular formula is C54H48N4S. The summed E-state index contributed by atoms with van der Waals surface area (Å²) in [4.78, 5) is 8.93. The number of nitrogens with zero attached hydrogens (tertiary/aromatic N) is 4. The molecule has 9 rings (SSSR count). The molecule has 0 N–H and O–H groups in total. The second-order valence-electron chi connectivity index (χ2n) is 15.0. The van der Waals surface area contributed by atoms with Gasteiger partial charge in [-0.1, -0.05) is 215 Å². The molecule has 0 amide bonds. The summed E-state index contributed by atoms with van der Waals surface area (Å²) in [6.45, 7) is 12.6. The number of hydrogen-bond acceptors (Lipinski definition) is 5. The third-order valence-corrected chi connectivity index (χ3v) is 11.0. The summed E-state index contributed by atoms with van der Waals surface area (Å²) >= 11 is 1.63. The Bertz CT molecular complexity index is 2360. The fraction of sp³-hybridized carbons (Fsp3) is 0.111. The van der Waals surface area contributed by atoms with Crippen molar-refractivity contribution >= 4 is 11.3 Å².